The summed E-state index contributed by atoms with van der Waals surface area (Å²) >= 11 is 0. The number of rotatable bonds is 14. The molecule has 0 atom stereocenters. The number of unbranched alkanes of at least 4 members (excludes halogenated alkanes) is 2. The molecule has 2 aromatic heterocycles. The summed E-state index contributed by atoms with van der Waals surface area (Å²) in [6, 6.07) is 7.38. The summed E-state index contributed by atoms with van der Waals surface area (Å²) in [5.41, 5.74) is 8.46. The van der Waals surface area contributed by atoms with Crippen LogP contribution in [-0.4, -0.2) is 72.9 Å². The Bertz CT molecular complexity index is 1110. The Labute approximate surface area is 206 Å². The molecule has 0 unspecified atom stereocenters. The summed E-state index contributed by atoms with van der Waals surface area (Å²) in [4.78, 5) is 22.7. The molecule has 3 N–H and O–H groups in total. The number of aromatic nitrogens is 3. The number of hydrogen-bond acceptors (Lipinski definition) is 9. The summed E-state index contributed by atoms with van der Waals surface area (Å²) in [7, 11) is 5.47. The highest BCUT2D eigenvalue weighted by molar-refractivity contribution is 5.87. The van der Waals surface area contributed by atoms with Gasteiger partial charge in [-0.3, -0.25) is 0 Å². The van der Waals surface area contributed by atoms with Gasteiger partial charge in [0.2, 0.25) is 5.95 Å². The van der Waals surface area contributed by atoms with E-state index in [1.54, 1.807) is 13.2 Å². The summed E-state index contributed by atoms with van der Waals surface area (Å²) < 4.78 is 18.5. The second-order valence-corrected chi connectivity index (χ2v) is 8.53. The molecule has 190 valence electrons. The second-order valence-electron chi connectivity index (χ2n) is 8.53. The number of nitrogen functional groups attached to an aromatic ring is 1. The zero-order valence-corrected chi connectivity index (χ0v) is 21.0. The van der Waals surface area contributed by atoms with Crippen LogP contribution in [0.2, 0.25) is 0 Å². The zero-order chi connectivity index (χ0) is 25.2. The maximum absolute atomic E-state index is 12.0. The third-order valence-electron chi connectivity index (χ3n) is 5.45. The van der Waals surface area contributed by atoms with Gasteiger partial charge in [0.1, 0.15) is 23.6 Å². The Morgan fingerprint density at radius 2 is 2.03 bits per heavy atom. The number of hydrogen-bond donors (Lipinski definition) is 2. The number of nitrogens with two attached hydrogens (primary N) is 1. The molecule has 0 amide bonds. The first-order valence-electron chi connectivity index (χ1n) is 11.9. The topological polar surface area (TPSA) is 117 Å². The summed E-state index contributed by atoms with van der Waals surface area (Å²) in [6.45, 7) is 4.30. The zero-order valence-electron chi connectivity index (χ0n) is 21.0. The first kappa shape index (κ1) is 26.1. The van der Waals surface area contributed by atoms with E-state index in [0.717, 1.165) is 42.4 Å². The number of nitrogens with zero attached hydrogens (tertiary/aromatic N) is 4. The molecule has 0 aliphatic rings. The normalized spacial score (nSPS) is 11.1. The lowest BCUT2D eigenvalue weighted by Gasteiger charge is -2.15. The van der Waals surface area contributed by atoms with Crippen LogP contribution < -0.4 is 20.5 Å². The second kappa shape index (κ2) is 12.8. The molecule has 3 rings (SSSR count). The Kier molecular flexibility index (Phi) is 9.54. The molecule has 0 bridgehead atoms. The number of nitrogens with one attached hydrogen (secondary N) is 1. The van der Waals surface area contributed by atoms with Gasteiger partial charge in [-0.15, -0.1) is 0 Å². The largest absolute Gasteiger partial charge is 0.496 e. The number of methoxy groups -OCH3 is 1. The fraction of sp³-hybridized carbons (Fsp3) is 0.480. The molecule has 0 aliphatic heterocycles. The molecule has 10 heteroatoms. The highest BCUT2D eigenvalue weighted by atomic mass is 16.6. The van der Waals surface area contributed by atoms with Gasteiger partial charge < -0.3 is 34.7 Å². The van der Waals surface area contributed by atoms with Gasteiger partial charge in [0.25, 0.3) is 0 Å². The van der Waals surface area contributed by atoms with Crippen molar-refractivity contribution in [3.8, 4) is 11.5 Å². The molecule has 3 aromatic rings. The van der Waals surface area contributed by atoms with Crippen LogP contribution in [0.25, 0.3) is 11.0 Å². The van der Waals surface area contributed by atoms with Crippen molar-refractivity contribution in [2.24, 2.45) is 0 Å². The maximum Gasteiger partial charge on any atom is 0.344 e. The van der Waals surface area contributed by atoms with Crippen molar-refractivity contribution >= 4 is 28.8 Å². The van der Waals surface area contributed by atoms with Crippen molar-refractivity contribution in [2.45, 2.75) is 32.7 Å². The van der Waals surface area contributed by atoms with Crippen LogP contribution in [0.3, 0.4) is 0 Å². The molecule has 35 heavy (non-hydrogen) atoms. The predicted molar refractivity (Wildman–Crippen MR) is 137 cm³/mol. The van der Waals surface area contributed by atoms with E-state index in [-0.39, 0.29) is 12.6 Å². The van der Waals surface area contributed by atoms with Crippen molar-refractivity contribution in [1.29, 1.82) is 0 Å². The Morgan fingerprint density at radius 3 is 2.77 bits per heavy atom. The van der Waals surface area contributed by atoms with Gasteiger partial charge >= 0.3 is 5.97 Å². The van der Waals surface area contributed by atoms with Crippen molar-refractivity contribution < 1.29 is 19.0 Å². The lowest BCUT2D eigenvalue weighted by Crippen LogP contribution is -2.22. The van der Waals surface area contributed by atoms with Crippen molar-refractivity contribution in [3.63, 3.8) is 0 Å². The van der Waals surface area contributed by atoms with E-state index >= 15 is 0 Å². The standard InChI is InChI=1S/C25H36N6O4/c1-5-6-7-11-27-24-23-20(28-25(26)29-24)10-12-31(23)16-18-15-19(8-9-21(18)33-4)35-17-22(32)34-14-13-30(2)3/h8-10,12,15H,5-7,11,13-14,16-17H2,1-4H3,(H3,26,27,28,29). The highest BCUT2D eigenvalue weighted by Crippen LogP contribution is 2.28. The minimum atomic E-state index is -0.408. The van der Waals surface area contributed by atoms with E-state index in [2.05, 4.69) is 22.2 Å². The lowest BCUT2D eigenvalue weighted by molar-refractivity contribution is -0.146. The molecule has 2 heterocycles. The maximum atomic E-state index is 12.0. The molecule has 0 radical (unpaired) electrons. The molecule has 0 fully saturated rings. The lowest BCUT2D eigenvalue weighted by atomic mass is 10.2. The quantitative estimate of drug-likeness (QED) is 0.263. The smallest absolute Gasteiger partial charge is 0.344 e. The van der Waals surface area contributed by atoms with E-state index in [0.29, 0.717) is 37.0 Å². The first-order chi connectivity index (χ1) is 16.9. The molecule has 1 aromatic carbocycles. The molecule has 0 saturated carbocycles. The average Bonchev–Trinajstić information content (AvgIpc) is 3.22. The number of ether oxygens (including phenoxy) is 3. The van der Waals surface area contributed by atoms with Gasteiger partial charge in [0.15, 0.2) is 12.4 Å². The monoisotopic (exact) mass is 484 g/mol. The number of carbonyl (C=O) groups excluding carboxylic acids is 1. The SMILES string of the molecule is CCCCCNc1nc(N)nc2ccn(Cc3cc(OCC(=O)OCCN(C)C)ccc3OC)c12. The molecular formula is C25H36N6O4. The number of likely N-dealkylation sites (N-methyl/N-ethyl adjacent to an activating group) is 1. The van der Waals surface area contributed by atoms with Crippen molar-refractivity contribution in [3.05, 3.63) is 36.0 Å². The van der Waals surface area contributed by atoms with Crippen LogP contribution in [0, 0.1) is 0 Å². The Hall–Kier alpha value is -3.53. The van der Waals surface area contributed by atoms with Gasteiger partial charge in [-0.05, 0) is 44.8 Å². The summed E-state index contributed by atoms with van der Waals surface area (Å²) in [6.07, 6.45) is 5.29. The average molecular weight is 485 g/mol. The van der Waals surface area contributed by atoms with Gasteiger partial charge in [-0.25, -0.2) is 9.78 Å². The van der Waals surface area contributed by atoms with Crippen LogP contribution >= 0.6 is 0 Å². The molecule has 0 saturated heterocycles. The van der Waals surface area contributed by atoms with E-state index in [4.69, 9.17) is 19.9 Å². The van der Waals surface area contributed by atoms with Crippen molar-refractivity contribution in [2.75, 3.05) is 58.6 Å². The van der Waals surface area contributed by atoms with Gasteiger partial charge in [-0.2, -0.15) is 4.98 Å². The van der Waals surface area contributed by atoms with E-state index in [1.165, 1.54) is 0 Å². The third-order valence-corrected chi connectivity index (χ3v) is 5.45. The van der Waals surface area contributed by atoms with Gasteiger partial charge in [0, 0.05) is 24.8 Å². The van der Waals surface area contributed by atoms with Crippen LogP contribution in [0.1, 0.15) is 31.7 Å². The third kappa shape index (κ3) is 7.48. The van der Waals surface area contributed by atoms with Crippen molar-refractivity contribution in [1.82, 2.24) is 19.4 Å². The van der Waals surface area contributed by atoms with Gasteiger partial charge in [0.05, 0.1) is 19.2 Å². The molecule has 10 nitrogen and oxygen atoms in total. The van der Waals surface area contributed by atoms with Gasteiger partial charge in [-0.1, -0.05) is 19.8 Å². The number of anilines is 2. The van der Waals surface area contributed by atoms with Crippen LogP contribution in [0.4, 0.5) is 11.8 Å². The number of esters is 1. The minimum Gasteiger partial charge on any atom is -0.496 e. The number of carbonyl (C=O) groups is 1. The first-order valence-corrected chi connectivity index (χ1v) is 11.9. The minimum absolute atomic E-state index is 0.162. The molecule has 0 aliphatic carbocycles. The van der Waals surface area contributed by atoms with Crippen LogP contribution in [-0.2, 0) is 16.1 Å². The summed E-state index contributed by atoms with van der Waals surface area (Å²) in [5, 5.41) is 3.41. The number of fused-ring (bicyclic) bond motifs is 1. The fourth-order valence-corrected chi connectivity index (χ4v) is 3.64. The number of benzene rings is 1. The molecule has 0 spiro atoms. The van der Waals surface area contributed by atoms with E-state index < -0.39 is 5.97 Å². The Morgan fingerprint density at radius 1 is 1.20 bits per heavy atom. The summed E-state index contributed by atoms with van der Waals surface area (Å²) in [5.74, 6) is 1.80. The van der Waals surface area contributed by atoms with E-state index in [9.17, 15) is 4.79 Å². The highest BCUT2D eigenvalue weighted by Gasteiger charge is 2.14. The fourth-order valence-electron chi connectivity index (χ4n) is 3.64. The van der Waals surface area contributed by atoms with Crippen LogP contribution in [0.5, 0.6) is 11.5 Å². The predicted octanol–water partition coefficient (Wildman–Crippen LogP) is 3.16. The Balaban J connectivity index is 1.76. The van der Waals surface area contributed by atoms with Crippen LogP contribution in [0.15, 0.2) is 30.5 Å². The molecular weight excluding hydrogens is 448 g/mol. The van der Waals surface area contributed by atoms with E-state index in [1.807, 2.05) is 48.0 Å².